The van der Waals surface area contributed by atoms with Gasteiger partial charge in [0.05, 0.1) is 23.8 Å². The Morgan fingerprint density at radius 1 is 1.15 bits per heavy atom. The molecule has 33 heavy (non-hydrogen) atoms. The van der Waals surface area contributed by atoms with Crippen molar-refractivity contribution < 1.29 is 19.2 Å². The Bertz CT molecular complexity index is 1230. The van der Waals surface area contributed by atoms with Crippen molar-refractivity contribution in [3.63, 3.8) is 0 Å². The van der Waals surface area contributed by atoms with E-state index in [1.54, 1.807) is 36.4 Å². The lowest BCUT2D eigenvalue weighted by Gasteiger charge is -2.09. The standard InChI is InChI=1S/C24H18ClN3O5/c1-32-23-13-20(28(30)31)8-11-22(23)27-24(29)18(14-26)12-16-4-9-21(10-5-16)33-15-17-2-6-19(25)7-3-17/h2-13H,15H2,1H3,(H,27,29). The average Bonchev–Trinajstić information content (AvgIpc) is 2.83. The number of non-ortho nitro benzene ring substituents is 1. The molecule has 8 nitrogen and oxygen atoms in total. The number of hydrogen-bond acceptors (Lipinski definition) is 6. The second-order valence-corrected chi connectivity index (χ2v) is 7.19. The first-order valence-corrected chi connectivity index (χ1v) is 10.0. The monoisotopic (exact) mass is 463 g/mol. The van der Waals surface area contributed by atoms with Crippen LogP contribution in [0.15, 0.2) is 72.3 Å². The normalized spacial score (nSPS) is 10.8. The maximum atomic E-state index is 12.6. The lowest BCUT2D eigenvalue weighted by molar-refractivity contribution is -0.384. The van der Waals surface area contributed by atoms with Crippen LogP contribution in [0, 0.1) is 21.4 Å². The van der Waals surface area contributed by atoms with Gasteiger partial charge < -0.3 is 14.8 Å². The first-order chi connectivity index (χ1) is 15.9. The molecule has 0 saturated carbocycles. The molecular weight excluding hydrogens is 446 g/mol. The van der Waals surface area contributed by atoms with Crippen LogP contribution in [-0.2, 0) is 11.4 Å². The number of nitriles is 1. The number of carbonyl (C=O) groups is 1. The van der Waals surface area contributed by atoms with Crippen molar-refractivity contribution in [2.75, 3.05) is 12.4 Å². The highest BCUT2D eigenvalue weighted by Crippen LogP contribution is 2.29. The molecule has 0 aliphatic heterocycles. The van der Waals surface area contributed by atoms with Gasteiger partial charge in [-0.1, -0.05) is 35.9 Å². The highest BCUT2D eigenvalue weighted by atomic mass is 35.5. The number of nitrogens with one attached hydrogen (secondary N) is 1. The predicted octanol–water partition coefficient (Wildman–Crippen LogP) is 5.38. The summed E-state index contributed by atoms with van der Waals surface area (Å²) in [5.41, 5.74) is 1.47. The number of anilines is 1. The molecule has 0 aliphatic carbocycles. The Hall–Kier alpha value is -4.35. The number of hydrogen-bond donors (Lipinski definition) is 1. The van der Waals surface area contributed by atoms with Gasteiger partial charge in [-0.2, -0.15) is 5.26 Å². The number of nitro benzene ring substituents is 1. The largest absolute Gasteiger partial charge is 0.494 e. The lowest BCUT2D eigenvalue weighted by Crippen LogP contribution is -2.14. The van der Waals surface area contributed by atoms with Gasteiger partial charge in [-0.05, 0) is 47.5 Å². The van der Waals surface area contributed by atoms with Crippen LogP contribution in [0.4, 0.5) is 11.4 Å². The van der Waals surface area contributed by atoms with Crippen LogP contribution in [0.5, 0.6) is 11.5 Å². The van der Waals surface area contributed by atoms with Gasteiger partial charge in [0, 0.05) is 11.1 Å². The number of benzene rings is 3. The minimum Gasteiger partial charge on any atom is -0.494 e. The molecule has 0 atom stereocenters. The van der Waals surface area contributed by atoms with Crippen LogP contribution in [0.3, 0.4) is 0 Å². The highest BCUT2D eigenvalue weighted by molar-refractivity contribution is 6.30. The Morgan fingerprint density at radius 2 is 1.85 bits per heavy atom. The number of methoxy groups -OCH3 is 1. The van der Waals surface area contributed by atoms with E-state index in [2.05, 4.69) is 5.32 Å². The Morgan fingerprint density at radius 3 is 2.45 bits per heavy atom. The fourth-order valence-electron chi connectivity index (χ4n) is 2.81. The molecule has 0 unspecified atom stereocenters. The average molecular weight is 464 g/mol. The van der Waals surface area contributed by atoms with E-state index in [0.717, 1.165) is 5.56 Å². The fourth-order valence-corrected chi connectivity index (χ4v) is 2.94. The molecule has 0 radical (unpaired) electrons. The van der Waals surface area contributed by atoms with E-state index in [9.17, 15) is 20.2 Å². The maximum absolute atomic E-state index is 12.6. The number of rotatable bonds is 8. The molecule has 1 amide bonds. The van der Waals surface area contributed by atoms with Crippen LogP contribution in [0.25, 0.3) is 6.08 Å². The second kappa shape index (κ2) is 10.8. The van der Waals surface area contributed by atoms with Gasteiger partial charge >= 0.3 is 0 Å². The van der Waals surface area contributed by atoms with Crippen molar-refractivity contribution in [1.82, 2.24) is 0 Å². The number of ether oxygens (including phenoxy) is 2. The summed E-state index contributed by atoms with van der Waals surface area (Å²) < 4.78 is 10.8. The molecule has 1 N–H and O–H groups in total. The summed E-state index contributed by atoms with van der Waals surface area (Å²) in [5, 5.41) is 23.5. The molecule has 3 aromatic carbocycles. The van der Waals surface area contributed by atoms with Gasteiger partial charge in [0.1, 0.15) is 29.7 Å². The topological polar surface area (TPSA) is 114 Å². The van der Waals surface area contributed by atoms with Crippen molar-refractivity contribution in [3.05, 3.63) is 98.6 Å². The molecule has 9 heteroatoms. The zero-order valence-electron chi connectivity index (χ0n) is 17.4. The van der Waals surface area contributed by atoms with Crippen molar-refractivity contribution in [2.45, 2.75) is 6.61 Å². The number of nitro groups is 1. The van der Waals surface area contributed by atoms with Crippen LogP contribution in [0.1, 0.15) is 11.1 Å². The molecule has 0 saturated heterocycles. The zero-order valence-corrected chi connectivity index (χ0v) is 18.2. The van der Waals surface area contributed by atoms with E-state index < -0.39 is 10.8 Å². The molecule has 3 aromatic rings. The minimum absolute atomic E-state index is 0.108. The van der Waals surface area contributed by atoms with E-state index in [1.807, 2.05) is 18.2 Å². The van der Waals surface area contributed by atoms with E-state index >= 15 is 0 Å². The lowest BCUT2D eigenvalue weighted by atomic mass is 10.1. The molecule has 0 fully saturated rings. The van der Waals surface area contributed by atoms with E-state index in [-0.39, 0.29) is 22.7 Å². The third-order valence-corrected chi connectivity index (χ3v) is 4.77. The number of amides is 1. The van der Waals surface area contributed by atoms with Gasteiger partial charge in [-0.15, -0.1) is 0 Å². The predicted molar refractivity (Wildman–Crippen MR) is 124 cm³/mol. The molecule has 0 aromatic heterocycles. The summed E-state index contributed by atoms with van der Waals surface area (Å²) in [5.74, 6) is 0.0606. The third kappa shape index (κ3) is 6.32. The smallest absolute Gasteiger partial charge is 0.273 e. The summed E-state index contributed by atoms with van der Waals surface area (Å²) in [6.45, 7) is 0.370. The summed E-state index contributed by atoms with van der Waals surface area (Å²) in [6.07, 6.45) is 1.43. The number of nitrogens with zero attached hydrogens (tertiary/aromatic N) is 2. The zero-order chi connectivity index (χ0) is 23.8. The minimum atomic E-state index is -0.673. The van der Waals surface area contributed by atoms with Gasteiger partial charge in [0.2, 0.25) is 0 Å². The summed E-state index contributed by atoms with van der Waals surface area (Å²) in [4.78, 5) is 22.9. The highest BCUT2D eigenvalue weighted by Gasteiger charge is 2.16. The van der Waals surface area contributed by atoms with E-state index in [4.69, 9.17) is 21.1 Å². The molecule has 166 valence electrons. The SMILES string of the molecule is COc1cc([N+](=O)[O-])ccc1NC(=O)C(C#N)=Cc1ccc(OCc2ccc(Cl)cc2)cc1. The van der Waals surface area contributed by atoms with Crippen LogP contribution < -0.4 is 14.8 Å². The van der Waals surface area contributed by atoms with Crippen molar-refractivity contribution in [3.8, 4) is 17.6 Å². The van der Waals surface area contributed by atoms with Crippen LogP contribution >= 0.6 is 11.6 Å². The molecule has 0 heterocycles. The Labute approximate surface area is 194 Å². The third-order valence-electron chi connectivity index (χ3n) is 4.52. The van der Waals surface area contributed by atoms with Gasteiger partial charge in [-0.25, -0.2) is 0 Å². The molecule has 0 bridgehead atoms. The quantitative estimate of drug-likeness (QED) is 0.207. The van der Waals surface area contributed by atoms with E-state index in [0.29, 0.717) is 22.9 Å². The fraction of sp³-hybridized carbons (Fsp3) is 0.0833. The number of halogens is 1. The van der Waals surface area contributed by atoms with Gasteiger partial charge in [0.15, 0.2) is 0 Å². The van der Waals surface area contributed by atoms with Crippen molar-refractivity contribution >= 4 is 35.0 Å². The van der Waals surface area contributed by atoms with Gasteiger partial charge in [-0.3, -0.25) is 14.9 Å². The van der Waals surface area contributed by atoms with Gasteiger partial charge in [0.25, 0.3) is 11.6 Å². The Kier molecular flexibility index (Phi) is 7.63. The summed E-state index contributed by atoms with van der Waals surface area (Å²) >= 11 is 5.87. The molecular formula is C24H18ClN3O5. The summed E-state index contributed by atoms with van der Waals surface area (Å²) in [6, 6.07) is 19.8. The van der Waals surface area contributed by atoms with E-state index in [1.165, 1.54) is 31.4 Å². The number of carbonyl (C=O) groups excluding carboxylic acids is 1. The van der Waals surface area contributed by atoms with Crippen molar-refractivity contribution in [1.29, 1.82) is 5.26 Å². The summed E-state index contributed by atoms with van der Waals surface area (Å²) in [7, 11) is 1.33. The first-order valence-electron chi connectivity index (χ1n) is 9.62. The second-order valence-electron chi connectivity index (χ2n) is 6.75. The van der Waals surface area contributed by atoms with Crippen LogP contribution in [-0.4, -0.2) is 17.9 Å². The first kappa shape index (κ1) is 23.3. The van der Waals surface area contributed by atoms with Crippen molar-refractivity contribution in [2.24, 2.45) is 0 Å². The molecule has 0 spiro atoms. The Balaban J connectivity index is 1.68. The molecule has 0 aliphatic rings. The maximum Gasteiger partial charge on any atom is 0.273 e. The van der Waals surface area contributed by atoms with Crippen LogP contribution in [0.2, 0.25) is 5.02 Å². The molecule has 3 rings (SSSR count).